The lowest BCUT2D eigenvalue weighted by Gasteiger charge is -2.10. The van der Waals surface area contributed by atoms with Crippen molar-refractivity contribution in [3.8, 4) is 0 Å². The summed E-state index contributed by atoms with van der Waals surface area (Å²) in [5.41, 5.74) is 2.80. The van der Waals surface area contributed by atoms with E-state index in [0.29, 0.717) is 16.6 Å². The maximum absolute atomic E-state index is 6.13. The molecule has 0 aliphatic carbocycles. The maximum atomic E-state index is 6.13. The fraction of sp³-hybridized carbons (Fsp3) is 0.154. The van der Waals surface area contributed by atoms with Gasteiger partial charge in [-0.25, -0.2) is 0 Å². The van der Waals surface area contributed by atoms with Gasteiger partial charge in [-0.3, -0.25) is 4.98 Å². The predicted octanol–water partition coefficient (Wildman–Crippen LogP) is 5.07. The summed E-state index contributed by atoms with van der Waals surface area (Å²) < 4.78 is 0.858. The van der Waals surface area contributed by atoms with E-state index in [-0.39, 0.29) is 0 Å². The van der Waals surface area contributed by atoms with Crippen molar-refractivity contribution < 1.29 is 0 Å². The molecule has 0 saturated heterocycles. The second-order valence-electron chi connectivity index (χ2n) is 3.92. The van der Waals surface area contributed by atoms with Crippen LogP contribution in [0.2, 0.25) is 10.0 Å². The summed E-state index contributed by atoms with van der Waals surface area (Å²) >= 11 is 15.6. The Morgan fingerprint density at radius 2 is 1.89 bits per heavy atom. The van der Waals surface area contributed by atoms with E-state index >= 15 is 0 Å². The number of aromatic nitrogens is 1. The van der Waals surface area contributed by atoms with Gasteiger partial charge in [-0.05, 0) is 30.7 Å². The molecule has 0 radical (unpaired) electrons. The molecule has 1 heterocycles. The molecule has 1 aromatic carbocycles. The number of nitrogens with zero attached hydrogens (tertiary/aromatic N) is 1. The average Bonchev–Trinajstić information content (AvgIpc) is 2.30. The number of benzene rings is 1. The molecule has 0 bridgehead atoms. The van der Waals surface area contributed by atoms with Gasteiger partial charge < -0.3 is 5.32 Å². The number of anilines is 1. The molecule has 18 heavy (non-hydrogen) atoms. The lowest BCUT2D eigenvalue weighted by Crippen LogP contribution is -2.02. The summed E-state index contributed by atoms with van der Waals surface area (Å²) in [5.74, 6) is 0. The molecule has 2 rings (SSSR count). The Labute approximate surface area is 124 Å². The highest BCUT2D eigenvalue weighted by Gasteiger charge is 2.07. The van der Waals surface area contributed by atoms with E-state index in [4.69, 9.17) is 23.2 Å². The third-order valence-electron chi connectivity index (χ3n) is 2.43. The van der Waals surface area contributed by atoms with Crippen LogP contribution in [-0.2, 0) is 6.54 Å². The maximum Gasteiger partial charge on any atom is 0.0722 e. The van der Waals surface area contributed by atoms with E-state index in [9.17, 15) is 0 Å². The van der Waals surface area contributed by atoms with Gasteiger partial charge in [-0.2, -0.15) is 0 Å². The number of rotatable bonds is 3. The van der Waals surface area contributed by atoms with Gasteiger partial charge in [0.2, 0.25) is 0 Å². The van der Waals surface area contributed by atoms with Gasteiger partial charge in [-0.15, -0.1) is 0 Å². The molecular formula is C13H11BrCl2N2. The summed E-state index contributed by atoms with van der Waals surface area (Å²) in [5, 5.41) is 4.37. The summed E-state index contributed by atoms with van der Waals surface area (Å²) in [6, 6.07) is 7.61. The van der Waals surface area contributed by atoms with Gasteiger partial charge >= 0.3 is 0 Å². The van der Waals surface area contributed by atoms with Gasteiger partial charge in [-0.1, -0.05) is 45.2 Å². The molecule has 0 fully saturated rings. The van der Waals surface area contributed by atoms with Crippen molar-refractivity contribution in [3.05, 3.63) is 56.2 Å². The topological polar surface area (TPSA) is 24.9 Å². The van der Waals surface area contributed by atoms with E-state index in [1.54, 1.807) is 12.1 Å². The summed E-state index contributed by atoms with van der Waals surface area (Å²) in [4.78, 5) is 4.31. The number of aryl methyl sites for hydroxylation is 1. The highest BCUT2D eigenvalue weighted by molar-refractivity contribution is 9.10. The van der Waals surface area contributed by atoms with Crippen LogP contribution in [0.1, 0.15) is 11.3 Å². The molecule has 1 N–H and O–H groups in total. The van der Waals surface area contributed by atoms with Crippen molar-refractivity contribution in [1.82, 2.24) is 4.98 Å². The Morgan fingerprint density at radius 3 is 2.44 bits per heavy atom. The molecular weight excluding hydrogens is 335 g/mol. The first kappa shape index (κ1) is 13.7. The molecule has 2 nitrogen and oxygen atoms in total. The van der Waals surface area contributed by atoms with Crippen molar-refractivity contribution >= 4 is 44.8 Å². The predicted molar refractivity (Wildman–Crippen MR) is 80.5 cm³/mol. The minimum absolute atomic E-state index is 0.585. The lowest BCUT2D eigenvalue weighted by atomic mass is 10.2. The SMILES string of the molecule is Cc1ccc(CNc2c(Cl)cc(Br)cc2Cl)nc1. The smallest absolute Gasteiger partial charge is 0.0722 e. The minimum Gasteiger partial charge on any atom is -0.377 e. The van der Waals surface area contributed by atoms with Crippen LogP contribution in [0, 0.1) is 6.92 Å². The molecule has 5 heteroatoms. The Hall–Kier alpha value is -0.770. The molecule has 2 aromatic rings. The molecule has 94 valence electrons. The fourth-order valence-electron chi connectivity index (χ4n) is 1.49. The van der Waals surface area contributed by atoms with Crippen LogP contribution in [0.15, 0.2) is 34.9 Å². The van der Waals surface area contributed by atoms with Crippen LogP contribution in [0.5, 0.6) is 0 Å². The van der Waals surface area contributed by atoms with Crippen LogP contribution < -0.4 is 5.32 Å². The Bertz CT molecular complexity index is 532. The zero-order valence-electron chi connectivity index (χ0n) is 9.67. The number of halogens is 3. The van der Waals surface area contributed by atoms with Crippen molar-refractivity contribution in [2.24, 2.45) is 0 Å². The molecule has 1 aromatic heterocycles. The van der Waals surface area contributed by atoms with Crippen molar-refractivity contribution in [2.45, 2.75) is 13.5 Å². The molecule has 0 unspecified atom stereocenters. The van der Waals surface area contributed by atoms with Crippen molar-refractivity contribution in [3.63, 3.8) is 0 Å². The first-order chi connectivity index (χ1) is 8.56. The van der Waals surface area contributed by atoms with E-state index in [1.807, 2.05) is 25.3 Å². The molecule has 0 spiro atoms. The van der Waals surface area contributed by atoms with Crippen molar-refractivity contribution in [2.75, 3.05) is 5.32 Å². The standard InChI is InChI=1S/C13H11BrCl2N2/c1-8-2-3-10(17-6-8)7-18-13-11(15)4-9(14)5-12(13)16/h2-6,18H,7H2,1H3. The third kappa shape index (κ3) is 3.37. The zero-order valence-corrected chi connectivity index (χ0v) is 12.8. The summed E-state index contributed by atoms with van der Waals surface area (Å²) in [6.45, 7) is 2.59. The second-order valence-corrected chi connectivity index (χ2v) is 5.65. The van der Waals surface area contributed by atoms with Gasteiger partial charge in [0.15, 0.2) is 0 Å². The molecule has 0 amide bonds. The Kier molecular flexibility index (Phi) is 4.49. The Balaban J connectivity index is 2.13. The van der Waals surface area contributed by atoms with Gasteiger partial charge in [0, 0.05) is 10.7 Å². The van der Waals surface area contributed by atoms with Gasteiger partial charge in [0.05, 0.1) is 28.0 Å². The van der Waals surface area contributed by atoms with E-state index in [0.717, 1.165) is 21.4 Å². The van der Waals surface area contributed by atoms with Crippen molar-refractivity contribution in [1.29, 1.82) is 0 Å². The van der Waals surface area contributed by atoms with Crippen LogP contribution in [0.25, 0.3) is 0 Å². The zero-order chi connectivity index (χ0) is 13.1. The number of hydrogen-bond acceptors (Lipinski definition) is 2. The highest BCUT2D eigenvalue weighted by Crippen LogP contribution is 2.33. The normalized spacial score (nSPS) is 10.4. The lowest BCUT2D eigenvalue weighted by molar-refractivity contribution is 1.04. The number of nitrogens with one attached hydrogen (secondary N) is 1. The molecule has 0 saturated carbocycles. The summed E-state index contributed by atoms with van der Waals surface area (Å²) in [7, 11) is 0. The summed E-state index contributed by atoms with van der Waals surface area (Å²) in [6.07, 6.45) is 1.84. The second kappa shape index (κ2) is 5.91. The quantitative estimate of drug-likeness (QED) is 0.839. The third-order valence-corrected chi connectivity index (χ3v) is 3.48. The Morgan fingerprint density at radius 1 is 1.22 bits per heavy atom. The number of hydrogen-bond donors (Lipinski definition) is 1. The first-order valence-electron chi connectivity index (χ1n) is 5.36. The molecule has 0 aliphatic heterocycles. The largest absolute Gasteiger partial charge is 0.377 e. The van der Waals surface area contributed by atoms with Crippen LogP contribution in [0.4, 0.5) is 5.69 Å². The highest BCUT2D eigenvalue weighted by atomic mass is 79.9. The van der Waals surface area contributed by atoms with E-state index in [1.165, 1.54) is 0 Å². The molecule has 0 aliphatic rings. The van der Waals surface area contributed by atoms with E-state index < -0.39 is 0 Å². The van der Waals surface area contributed by atoms with Crippen LogP contribution in [0.3, 0.4) is 0 Å². The fourth-order valence-corrected chi connectivity index (χ4v) is 2.84. The average molecular weight is 346 g/mol. The van der Waals surface area contributed by atoms with E-state index in [2.05, 4.69) is 26.2 Å². The first-order valence-corrected chi connectivity index (χ1v) is 6.91. The van der Waals surface area contributed by atoms with Crippen LogP contribution in [-0.4, -0.2) is 4.98 Å². The minimum atomic E-state index is 0.585. The number of pyridine rings is 1. The van der Waals surface area contributed by atoms with Gasteiger partial charge in [0.1, 0.15) is 0 Å². The monoisotopic (exact) mass is 344 g/mol. The van der Waals surface area contributed by atoms with Crippen LogP contribution >= 0.6 is 39.1 Å². The van der Waals surface area contributed by atoms with Gasteiger partial charge in [0.25, 0.3) is 0 Å². The molecule has 0 atom stereocenters.